The maximum absolute atomic E-state index is 12.7. The summed E-state index contributed by atoms with van der Waals surface area (Å²) in [6.07, 6.45) is 5.50. The summed E-state index contributed by atoms with van der Waals surface area (Å²) in [5.41, 5.74) is 6.06. The zero-order valence-corrected chi connectivity index (χ0v) is 13.8. The number of carbonyl (C=O) groups is 1. The highest BCUT2D eigenvalue weighted by atomic mass is 16.2. The molecule has 0 heterocycles. The summed E-state index contributed by atoms with van der Waals surface area (Å²) in [7, 11) is 4.11. The summed E-state index contributed by atoms with van der Waals surface area (Å²) in [5, 5.41) is 0. The minimum atomic E-state index is 0.120. The van der Waals surface area contributed by atoms with Gasteiger partial charge in [-0.3, -0.25) is 4.79 Å². The molecule has 0 spiro atoms. The van der Waals surface area contributed by atoms with Gasteiger partial charge < -0.3 is 15.5 Å². The fourth-order valence-electron chi connectivity index (χ4n) is 3.13. The minimum absolute atomic E-state index is 0.120. The predicted octanol–water partition coefficient (Wildman–Crippen LogP) is 1.94. The van der Waals surface area contributed by atoms with Gasteiger partial charge in [0.25, 0.3) is 0 Å². The number of hydrogen-bond donors (Lipinski definition) is 1. The van der Waals surface area contributed by atoms with E-state index in [-0.39, 0.29) is 5.92 Å². The molecule has 3 atom stereocenters. The molecular weight excluding hydrogens is 250 g/mol. The van der Waals surface area contributed by atoms with Crippen LogP contribution in [-0.2, 0) is 4.79 Å². The van der Waals surface area contributed by atoms with Crippen LogP contribution in [0.1, 0.15) is 46.0 Å². The van der Waals surface area contributed by atoms with E-state index in [9.17, 15) is 4.79 Å². The van der Waals surface area contributed by atoms with Crippen molar-refractivity contribution in [3.8, 4) is 0 Å². The molecule has 118 valence electrons. The Labute approximate surface area is 124 Å². The average Bonchev–Trinajstić information content (AvgIpc) is 2.41. The van der Waals surface area contributed by atoms with E-state index in [2.05, 4.69) is 32.8 Å². The van der Waals surface area contributed by atoms with Gasteiger partial charge >= 0.3 is 0 Å². The Kier molecular flexibility index (Phi) is 7.52. The van der Waals surface area contributed by atoms with Crippen molar-refractivity contribution in [1.82, 2.24) is 9.80 Å². The second kappa shape index (κ2) is 8.63. The van der Waals surface area contributed by atoms with Crippen LogP contribution >= 0.6 is 0 Å². The number of amides is 1. The van der Waals surface area contributed by atoms with Crippen LogP contribution in [0.4, 0.5) is 0 Å². The summed E-state index contributed by atoms with van der Waals surface area (Å²) in [5.74, 6) is 0.924. The van der Waals surface area contributed by atoms with E-state index in [0.29, 0.717) is 17.9 Å². The van der Waals surface area contributed by atoms with Crippen LogP contribution in [0.3, 0.4) is 0 Å². The topological polar surface area (TPSA) is 49.6 Å². The Morgan fingerprint density at radius 2 is 1.95 bits per heavy atom. The molecule has 1 fully saturated rings. The van der Waals surface area contributed by atoms with Crippen molar-refractivity contribution < 1.29 is 4.79 Å². The van der Waals surface area contributed by atoms with Gasteiger partial charge in [-0.1, -0.05) is 20.3 Å². The van der Waals surface area contributed by atoms with Crippen molar-refractivity contribution >= 4 is 5.91 Å². The third-order valence-corrected chi connectivity index (χ3v) is 4.47. The summed E-state index contributed by atoms with van der Waals surface area (Å²) in [6, 6.07) is 0.297. The maximum atomic E-state index is 12.7. The summed E-state index contributed by atoms with van der Waals surface area (Å²) in [6.45, 7) is 6.88. The molecule has 2 N–H and O–H groups in total. The van der Waals surface area contributed by atoms with Crippen molar-refractivity contribution in [1.29, 1.82) is 0 Å². The SMILES string of the molecule is CCCN(CCN(C)C)C(=O)C(C)C1CCCC(N)C1. The normalized spacial score (nSPS) is 24.7. The molecule has 1 saturated carbocycles. The number of nitrogens with two attached hydrogens (primary N) is 1. The molecule has 3 unspecified atom stereocenters. The smallest absolute Gasteiger partial charge is 0.225 e. The van der Waals surface area contributed by atoms with Crippen LogP contribution in [0.25, 0.3) is 0 Å². The van der Waals surface area contributed by atoms with Crippen molar-refractivity contribution in [2.24, 2.45) is 17.6 Å². The largest absolute Gasteiger partial charge is 0.341 e. The lowest BCUT2D eigenvalue weighted by Gasteiger charge is -2.34. The molecule has 1 amide bonds. The molecule has 0 aromatic heterocycles. The Morgan fingerprint density at radius 1 is 1.25 bits per heavy atom. The fraction of sp³-hybridized carbons (Fsp3) is 0.938. The van der Waals surface area contributed by atoms with Gasteiger partial charge in [0.2, 0.25) is 5.91 Å². The van der Waals surface area contributed by atoms with Gasteiger partial charge in [-0.2, -0.15) is 0 Å². The lowest BCUT2D eigenvalue weighted by atomic mass is 9.78. The molecule has 20 heavy (non-hydrogen) atoms. The van der Waals surface area contributed by atoms with E-state index in [1.165, 1.54) is 6.42 Å². The van der Waals surface area contributed by atoms with E-state index in [1.807, 2.05) is 4.90 Å². The zero-order chi connectivity index (χ0) is 15.1. The van der Waals surface area contributed by atoms with E-state index >= 15 is 0 Å². The highest BCUT2D eigenvalue weighted by Crippen LogP contribution is 2.30. The van der Waals surface area contributed by atoms with Crippen LogP contribution in [0.5, 0.6) is 0 Å². The highest BCUT2D eigenvalue weighted by molar-refractivity contribution is 5.78. The summed E-state index contributed by atoms with van der Waals surface area (Å²) in [4.78, 5) is 16.9. The van der Waals surface area contributed by atoms with Gasteiger partial charge in [0, 0.05) is 31.6 Å². The number of hydrogen-bond acceptors (Lipinski definition) is 3. The van der Waals surface area contributed by atoms with Crippen molar-refractivity contribution in [2.75, 3.05) is 33.7 Å². The predicted molar refractivity (Wildman–Crippen MR) is 84.5 cm³/mol. The first-order valence-corrected chi connectivity index (χ1v) is 8.14. The third kappa shape index (κ3) is 5.41. The van der Waals surface area contributed by atoms with E-state index in [4.69, 9.17) is 5.73 Å². The first-order chi connectivity index (χ1) is 9.45. The molecule has 4 heteroatoms. The summed E-state index contributed by atoms with van der Waals surface area (Å²) < 4.78 is 0. The van der Waals surface area contributed by atoms with Crippen molar-refractivity contribution in [3.63, 3.8) is 0 Å². The molecule has 0 bridgehead atoms. The van der Waals surface area contributed by atoms with E-state index in [1.54, 1.807) is 0 Å². The third-order valence-electron chi connectivity index (χ3n) is 4.47. The molecule has 1 aliphatic rings. The fourth-order valence-corrected chi connectivity index (χ4v) is 3.13. The lowest BCUT2D eigenvalue weighted by molar-refractivity contribution is -0.137. The summed E-state index contributed by atoms with van der Waals surface area (Å²) >= 11 is 0. The van der Waals surface area contributed by atoms with Gasteiger partial charge in [0.1, 0.15) is 0 Å². The quantitative estimate of drug-likeness (QED) is 0.777. The molecule has 0 aromatic carbocycles. The van der Waals surface area contributed by atoms with Crippen LogP contribution in [-0.4, -0.2) is 55.5 Å². The molecule has 0 radical (unpaired) electrons. The Morgan fingerprint density at radius 3 is 2.50 bits per heavy atom. The lowest BCUT2D eigenvalue weighted by Crippen LogP contribution is -2.43. The van der Waals surface area contributed by atoms with Crippen LogP contribution in [0, 0.1) is 11.8 Å². The number of nitrogens with zero attached hydrogens (tertiary/aromatic N) is 2. The molecule has 0 aliphatic heterocycles. The minimum Gasteiger partial charge on any atom is -0.341 e. The molecule has 0 saturated heterocycles. The number of likely N-dealkylation sites (N-methyl/N-ethyl adjacent to an activating group) is 1. The average molecular weight is 283 g/mol. The van der Waals surface area contributed by atoms with E-state index < -0.39 is 0 Å². The Balaban J connectivity index is 2.57. The Hall–Kier alpha value is -0.610. The molecular formula is C16H33N3O. The van der Waals surface area contributed by atoms with E-state index in [0.717, 1.165) is 45.3 Å². The maximum Gasteiger partial charge on any atom is 0.225 e. The van der Waals surface area contributed by atoms with Gasteiger partial charge in [-0.15, -0.1) is 0 Å². The second-order valence-corrected chi connectivity index (χ2v) is 6.60. The number of carbonyl (C=O) groups excluding carboxylic acids is 1. The number of rotatable bonds is 7. The van der Waals surface area contributed by atoms with Crippen LogP contribution < -0.4 is 5.73 Å². The van der Waals surface area contributed by atoms with Gasteiger partial charge in [0.05, 0.1) is 0 Å². The molecule has 0 aromatic rings. The van der Waals surface area contributed by atoms with Gasteiger partial charge in [-0.05, 0) is 45.7 Å². The molecule has 1 aliphatic carbocycles. The van der Waals surface area contributed by atoms with Gasteiger partial charge in [0.15, 0.2) is 0 Å². The highest BCUT2D eigenvalue weighted by Gasteiger charge is 2.30. The first kappa shape index (κ1) is 17.4. The van der Waals surface area contributed by atoms with Gasteiger partial charge in [-0.25, -0.2) is 0 Å². The van der Waals surface area contributed by atoms with Crippen LogP contribution in [0.15, 0.2) is 0 Å². The van der Waals surface area contributed by atoms with Crippen molar-refractivity contribution in [2.45, 2.75) is 52.0 Å². The van der Waals surface area contributed by atoms with Crippen LogP contribution in [0.2, 0.25) is 0 Å². The molecule has 4 nitrogen and oxygen atoms in total. The Bertz CT molecular complexity index is 289. The van der Waals surface area contributed by atoms with Crippen molar-refractivity contribution in [3.05, 3.63) is 0 Å². The molecule has 1 rings (SSSR count). The zero-order valence-electron chi connectivity index (χ0n) is 13.8. The first-order valence-electron chi connectivity index (χ1n) is 8.14. The monoisotopic (exact) mass is 283 g/mol. The second-order valence-electron chi connectivity index (χ2n) is 6.60. The standard InChI is InChI=1S/C16H33N3O/c1-5-9-19(11-10-18(3)4)16(20)13(2)14-7-6-8-15(17)12-14/h13-15H,5-12,17H2,1-4H3.